The third kappa shape index (κ3) is 3.31. The maximum absolute atomic E-state index is 4.43. The van der Waals surface area contributed by atoms with E-state index in [-0.39, 0.29) is 0 Å². The van der Waals surface area contributed by atoms with Crippen LogP contribution in [0.15, 0.2) is 53.5 Å². The number of thiophene rings is 1. The van der Waals surface area contributed by atoms with E-state index >= 15 is 0 Å². The maximum Gasteiger partial charge on any atom is 0.0382 e. The van der Waals surface area contributed by atoms with Crippen LogP contribution in [0.25, 0.3) is 10.8 Å². The van der Waals surface area contributed by atoms with Crippen molar-refractivity contribution in [2.75, 3.05) is 6.54 Å². The van der Waals surface area contributed by atoms with Crippen LogP contribution < -0.4 is 5.32 Å². The molecule has 1 unspecified atom stereocenters. The summed E-state index contributed by atoms with van der Waals surface area (Å²) in [5, 5.41) is 10.6. The van der Waals surface area contributed by atoms with E-state index in [0.717, 1.165) is 19.4 Å². The molecular weight excluding hydrogens is 276 g/mol. The van der Waals surface area contributed by atoms with Crippen LogP contribution in [0, 0.1) is 0 Å². The first-order valence-corrected chi connectivity index (χ1v) is 8.40. The number of hydrogen-bond acceptors (Lipinski definition) is 3. The lowest BCUT2D eigenvalue weighted by molar-refractivity contribution is 0.531. The summed E-state index contributed by atoms with van der Waals surface area (Å²) in [5.74, 6) is 0. The van der Waals surface area contributed by atoms with Crippen molar-refractivity contribution >= 4 is 22.1 Å². The van der Waals surface area contributed by atoms with E-state index < -0.39 is 0 Å². The Labute approximate surface area is 129 Å². The molecule has 0 fully saturated rings. The minimum atomic E-state index is 0.318. The highest BCUT2D eigenvalue weighted by atomic mass is 32.1. The third-order valence-electron chi connectivity index (χ3n) is 3.74. The van der Waals surface area contributed by atoms with E-state index in [1.165, 1.54) is 21.9 Å². The molecule has 3 aromatic rings. The highest BCUT2D eigenvalue weighted by molar-refractivity contribution is 7.07. The summed E-state index contributed by atoms with van der Waals surface area (Å²) in [6.07, 6.45) is 6.11. The lowest BCUT2D eigenvalue weighted by atomic mass is 9.97. The topological polar surface area (TPSA) is 24.9 Å². The number of rotatable bonds is 6. The van der Waals surface area contributed by atoms with Gasteiger partial charge in [0.2, 0.25) is 0 Å². The summed E-state index contributed by atoms with van der Waals surface area (Å²) >= 11 is 1.76. The predicted octanol–water partition coefficient (Wildman–Crippen LogP) is 4.58. The summed E-state index contributed by atoms with van der Waals surface area (Å²) in [6.45, 7) is 3.23. The largest absolute Gasteiger partial charge is 0.310 e. The van der Waals surface area contributed by atoms with E-state index in [4.69, 9.17) is 0 Å². The Balaban J connectivity index is 1.97. The minimum Gasteiger partial charge on any atom is -0.310 e. The van der Waals surface area contributed by atoms with Gasteiger partial charge in [0.15, 0.2) is 0 Å². The van der Waals surface area contributed by atoms with Gasteiger partial charge in [0, 0.05) is 23.8 Å². The van der Waals surface area contributed by atoms with Crippen molar-refractivity contribution in [1.29, 1.82) is 0 Å². The number of benzene rings is 1. The molecule has 0 aliphatic heterocycles. The minimum absolute atomic E-state index is 0.318. The van der Waals surface area contributed by atoms with E-state index in [2.05, 4.69) is 58.3 Å². The monoisotopic (exact) mass is 296 g/mol. The second-order valence-corrected chi connectivity index (χ2v) is 6.07. The first-order valence-electron chi connectivity index (χ1n) is 7.45. The fraction of sp³-hybridized carbons (Fsp3) is 0.278. The van der Waals surface area contributed by atoms with Crippen LogP contribution in [0.5, 0.6) is 0 Å². The first kappa shape index (κ1) is 14.2. The first-order chi connectivity index (χ1) is 10.4. The Bertz CT molecular complexity index is 686. The van der Waals surface area contributed by atoms with E-state index in [0.29, 0.717) is 6.04 Å². The molecule has 0 radical (unpaired) electrons. The quantitative estimate of drug-likeness (QED) is 0.720. The van der Waals surface area contributed by atoms with Crippen molar-refractivity contribution in [3.63, 3.8) is 0 Å². The Kier molecular flexibility index (Phi) is 4.63. The molecule has 21 heavy (non-hydrogen) atoms. The standard InChI is InChI=1S/C18H20N2S/c1-2-8-20-18(10-14-7-9-21-13-14)17-12-19-11-15-5-3-4-6-16(15)17/h3-7,9,11-13,18,20H,2,8,10H2,1H3. The highest BCUT2D eigenvalue weighted by Gasteiger charge is 2.15. The zero-order valence-electron chi connectivity index (χ0n) is 12.3. The van der Waals surface area contributed by atoms with E-state index in [1.807, 2.05) is 12.4 Å². The van der Waals surface area contributed by atoms with Crippen LogP contribution in [-0.2, 0) is 6.42 Å². The van der Waals surface area contributed by atoms with Crippen molar-refractivity contribution < 1.29 is 0 Å². The van der Waals surface area contributed by atoms with Crippen LogP contribution in [0.1, 0.15) is 30.5 Å². The fourth-order valence-electron chi connectivity index (χ4n) is 2.67. The second kappa shape index (κ2) is 6.83. The van der Waals surface area contributed by atoms with Crippen LogP contribution in [0.4, 0.5) is 0 Å². The Morgan fingerprint density at radius 3 is 2.90 bits per heavy atom. The normalized spacial score (nSPS) is 12.6. The lowest BCUT2D eigenvalue weighted by Gasteiger charge is -2.20. The van der Waals surface area contributed by atoms with Gasteiger partial charge in [-0.15, -0.1) is 0 Å². The maximum atomic E-state index is 4.43. The molecule has 3 heteroatoms. The zero-order chi connectivity index (χ0) is 14.5. The molecule has 0 amide bonds. The number of nitrogens with zero attached hydrogens (tertiary/aromatic N) is 1. The van der Waals surface area contributed by atoms with E-state index in [9.17, 15) is 0 Å². The van der Waals surface area contributed by atoms with E-state index in [1.54, 1.807) is 11.3 Å². The average molecular weight is 296 g/mol. The summed E-state index contributed by atoms with van der Waals surface area (Å²) < 4.78 is 0. The molecule has 0 saturated heterocycles. The molecule has 0 aliphatic rings. The zero-order valence-corrected chi connectivity index (χ0v) is 13.1. The SMILES string of the molecule is CCCNC(Cc1ccsc1)c1cncc2ccccc12. The van der Waals surface area contributed by atoms with Gasteiger partial charge in [0.1, 0.15) is 0 Å². The summed E-state index contributed by atoms with van der Waals surface area (Å²) in [6, 6.07) is 11.0. The molecule has 3 rings (SSSR count). The molecule has 108 valence electrons. The molecule has 2 heterocycles. The molecule has 0 bridgehead atoms. The van der Waals surface area contributed by atoms with Gasteiger partial charge in [-0.25, -0.2) is 0 Å². The summed E-state index contributed by atoms with van der Waals surface area (Å²) in [5.41, 5.74) is 2.69. The molecule has 1 aromatic carbocycles. The fourth-order valence-corrected chi connectivity index (χ4v) is 3.35. The molecule has 0 spiro atoms. The Hall–Kier alpha value is -1.71. The predicted molar refractivity (Wildman–Crippen MR) is 90.8 cm³/mol. The van der Waals surface area contributed by atoms with Gasteiger partial charge in [0.25, 0.3) is 0 Å². The molecule has 0 saturated carbocycles. The van der Waals surface area contributed by atoms with Crippen LogP contribution in [-0.4, -0.2) is 11.5 Å². The molecule has 2 nitrogen and oxygen atoms in total. The molecular formula is C18H20N2S. The average Bonchev–Trinajstić information content (AvgIpc) is 3.04. The van der Waals surface area contributed by atoms with Crippen LogP contribution >= 0.6 is 11.3 Å². The van der Waals surface area contributed by atoms with Gasteiger partial charge in [-0.3, -0.25) is 4.98 Å². The number of hydrogen-bond donors (Lipinski definition) is 1. The van der Waals surface area contributed by atoms with Crippen molar-refractivity contribution in [3.8, 4) is 0 Å². The second-order valence-electron chi connectivity index (χ2n) is 5.29. The van der Waals surface area contributed by atoms with Crippen molar-refractivity contribution in [3.05, 3.63) is 64.6 Å². The smallest absolute Gasteiger partial charge is 0.0382 e. The summed E-state index contributed by atoms with van der Waals surface area (Å²) in [4.78, 5) is 4.43. The number of nitrogens with one attached hydrogen (secondary N) is 1. The van der Waals surface area contributed by atoms with Crippen molar-refractivity contribution in [1.82, 2.24) is 10.3 Å². The van der Waals surface area contributed by atoms with Gasteiger partial charge >= 0.3 is 0 Å². The number of fused-ring (bicyclic) bond motifs is 1. The van der Waals surface area contributed by atoms with Gasteiger partial charge < -0.3 is 5.32 Å². The van der Waals surface area contributed by atoms with Crippen LogP contribution in [0.2, 0.25) is 0 Å². The third-order valence-corrected chi connectivity index (χ3v) is 4.47. The van der Waals surface area contributed by atoms with Crippen molar-refractivity contribution in [2.24, 2.45) is 0 Å². The highest BCUT2D eigenvalue weighted by Crippen LogP contribution is 2.26. The number of aromatic nitrogens is 1. The Morgan fingerprint density at radius 2 is 2.10 bits per heavy atom. The number of pyridine rings is 1. The molecule has 1 N–H and O–H groups in total. The van der Waals surface area contributed by atoms with Crippen LogP contribution in [0.3, 0.4) is 0 Å². The Morgan fingerprint density at radius 1 is 1.19 bits per heavy atom. The van der Waals surface area contributed by atoms with Crippen molar-refractivity contribution in [2.45, 2.75) is 25.8 Å². The molecule has 1 atom stereocenters. The van der Waals surface area contributed by atoms with Gasteiger partial charge in [-0.1, -0.05) is 31.2 Å². The van der Waals surface area contributed by atoms with Gasteiger partial charge in [-0.2, -0.15) is 11.3 Å². The lowest BCUT2D eigenvalue weighted by Crippen LogP contribution is -2.24. The summed E-state index contributed by atoms with van der Waals surface area (Å²) in [7, 11) is 0. The van der Waals surface area contributed by atoms with Gasteiger partial charge in [-0.05, 0) is 52.7 Å². The molecule has 0 aliphatic carbocycles. The molecule has 2 aromatic heterocycles. The van der Waals surface area contributed by atoms with Gasteiger partial charge in [0.05, 0.1) is 0 Å².